The second-order valence-corrected chi connectivity index (χ2v) is 7.98. The molecular formula is C23H21ClN2O5. The maximum absolute atomic E-state index is 12.6. The Morgan fingerprint density at radius 2 is 1.52 bits per heavy atom. The number of rotatable bonds is 5. The Kier molecular flexibility index (Phi) is 6.04. The summed E-state index contributed by atoms with van der Waals surface area (Å²) in [6, 6.07) is 13.4. The lowest BCUT2D eigenvalue weighted by Gasteiger charge is -2.31. The highest BCUT2D eigenvalue weighted by Crippen LogP contribution is 2.23. The van der Waals surface area contributed by atoms with Crippen molar-refractivity contribution in [1.82, 2.24) is 9.80 Å². The van der Waals surface area contributed by atoms with Gasteiger partial charge in [0.05, 0.1) is 23.6 Å². The van der Waals surface area contributed by atoms with Crippen LogP contribution in [0.25, 0.3) is 0 Å². The largest absolute Gasteiger partial charge is 0.464 e. The molecule has 0 atom stereocenters. The Balaban J connectivity index is 1.24. The van der Waals surface area contributed by atoms with Crippen LogP contribution in [-0.4, -0.2) is 59.7 Å². The number of piperidine rings is 1. The quantitative estimate of drug-likeness (QED) is 0.527. The smallest absolute Gasteiger partial charge is 0.309 e. The van der Waals surface area contributed by atoms with Crippen LogP contribution in [0.3, 0.4) is 0 Å². The lowest BCUT2D eigenvalue weighted by atomic mass is 9.96. The second kappa shape index (κ2) is 8.89. The van der Waals surface area contributed by atoms with Gasteiger partial charge in [-0.05, 0) is 49.2 Å². The van der Waals surface area contributed by atoms with Crippen LogP contribution < -0.4 is 0 Å². The van der Waals surface area contributed by atoms with Crippen LogP contribution in [0.1, 0.15) is 43.9 Å². The van der Waals surface area contributed by atoms with E-state index >= 15 is 0 Å². The molecule has 0 spiro atoms. The van der Waals surface area contributed by atoms with E-state index in [1.165, 1.54) is 0 Å². The molecule has 2 aromatic carbocycles. The minimum atomic E-state index is -0.370. The van der Waals surface area contributed by atoms with Gasteiger partial charge < -0.3 is 9.64 Å². The Bertz CT molecular complexity index is 994. The zero-order valence-electron chi connectivity index (χ0n) is 16.8. The molecule has 0 radical (unpaired) electrons. The number of amides is 3. The van der Waals surface area contributed by atoms with Crippen molar-refractivity contribution in [1.29, 1.82) is 0 Å². The van der Waals surface area contributed by atoms with Crippen LogP contribution in [0.5, 0.6) is 0 Å². The van der Waals surface area contributed by atoms with Gasteiger partial charge in [0.25, 0.3) is 17.7 Å². The first-order valence-electron chi connectivity index (χ1n) is 10.1. The topological polar surface area (TPSA) is 84.0 Å². The molecule has 3 amide bonds. The van der Waals surface area contributed by atoms with E-state index in [9.17, 15) is 19.2 Å². The van der Waals surface area contributed by atoms with Gasteiger partial charge in [-0.15, -0.1) is 0 Å². The van der Waals surface area contributed by atoms with E-state index in [2.05, 4.69) is 0 Å². The molecule has 0 saturated carbocycles. The second-order valence-electron chi connectivity index (χ2n) is 7.55. The zero-order valence-corrected chi connectivity index (χ0v) is 17.5. The highest BCUT2D eigenvalue weighted by molar-refractivity contribution is 6.30. The number of esters is 1. The minimum absolute atomic E-state index is 0.0198. The number of carbonyl (C=O) groups excluding carboxylic acids is 4. The summed E-state index contributed by atoms with van der Waals surface area (Å²) in [5, 5.41) is 0.569. The lowest BCUT2D eigenvalue weighted by Crippen LogP contribution is -2.41. The molecule has 0 aromatic heterocycles. The number of fused-ring (bicyclic) bond motifs is 1. The number of hydrogen-bond acceptors (Lipinski definition) is 5. The van der Waals surface area contributed by atoms with Gasteiger partial charge in [-0.25, -0.2) is 0 Å². The maximum atomic E-state index is 12.6. The number of halogens is 1. The molecule has 2 heterocycles. The SMILES string of the molecule is O=C(OCCN1C(=O)c2ccccc2C1=O)C1CCN(C(=O)c2ccc(Cl)cc2)CC1. The number of imide groups is 1. The van der Waals surface area contributed by atoms with Gasteiger partial charge in [0.2, 0.25) is 0 Å². The van der Waals surface area contributed by atoms with Gasteiger partial charge >= 0.3 is 5.97 Å². The molecule has 1 saturated heterocycles. The summed E-state index contributed by atoms with van der Waals surface area (Å²) in [6.07, 6.45) is 1.01. The van der Waals surface area contributed by atoms with Crippen molar-refractivity contribution in [2.75, 3.05) is 26.2 Å². The first kappa shape index (κ1) is 21.1. The molecule has 0 unspecified atom stereocenters. The fourth-order valence-electron chi connectivity index (χ4n) is 3.89. The van der Waals surface area contributed by atoms with E-state index < -0.39 is 0 Å². The van der Waals surface area contributed by atoms with Crippen molar-refractivity contribution in [3.63, 3.8) is 0 Å². The molecule has 160 valence electrons. The Morgan fingerprint density at radius 1 is 0.935 bits per heavy atom. The van der Waals surface area contributed by atoms with Crippen LogP contribution >= 0.6 is 11.6 Å². The molecule has 31 heavy (non-hydrogen) atoms. The van der Waals surface area contributed by atoms with E-state index in [4.69, 9.17) is 16.3 Å². The fraction of sp³-hybridized carbons (Fsp3) is 0.304. The lowest BCUT2D eigenvalue weighted by molar-refractivity contribution is -0.150. The van der Waals surface area contributed by atoms with Crippen molar-refractivity contribution in [2.24, 2.45) is 5.92 Å². The fourth-order valence-corrected chi connectivity index (χ4v) is 4.02. The summed E-state index contributed by atoms with van der Waals surface area (Å²) >= 11 is 5.86. The Labute approximate surface area is 184 Å². The van der Waals surface area contributed by atoms with Crippen LogP contribution in [-0.2, 0) is 9.53 Å². The van der Waals surface area contributed by atoms with E-state index in [0.717, 1.165) is 4.90 Å². The van der Waals surface area contributed by atoms with E-state index in [1.807, 2.05) is 0 Å². The third kappa shape index (κ3) is 4.32. The van der Waals surface area contributed by atoms with Crippen LogP contribution in [0.2, 0.25) is 5.02 Å². The van der Waals surface area contributed by atoms with Crippen molar-refractivity contribution < 1.29 is 23.9 Å². The number of nitrogens with zero attached hydrogens (tertiary/aromatic N) is 2. The highest BCUT2D eigenvalue weighted by Gasteiger charge is 2.35. The summed E-state index contributed by atoms with van der Waals surface area (Å²) < 4.78 is 5.33. The minimum Gasteiger partial charge on any atom is -0.464 e. The number of ether oxygens (including phenoxy) is 1. The summed E-state index contributed by atoms with van der Waals surface area (Å²) in [5.41, 5.74) is 1.31. The first-order chi connectivity index (χ1) is 15.0. The predicted octanol–water partition coefficient (Wildman–Crippen LogP) is 3.03. The predicted molar refractivity (Wildman–Crippen MR) is 113 cm³/mol. The highest BCUT2D eigenvalue weighted by atomic mass is 35.5. The van der Waals surface area contributed by atoms with Gasteiger partial charge in [-0.1, -0.05) is 23.7 Å². The molecule has 0 N–H and O–H groups in total. The number of benzene rings is 2. The molecule has 7 nitrogen and oxygen atoms in total. The molecule has 4 rings (SSSR count). The van der Waals surface area contributed by atoms with Gasteiger partial charge in [0.15, 0.2) is 0 Å². The summed E-state index contributed by atoms with van der Waals surface area (Å²) in [5.74, 6) is -1.50. The molecular weight excluding hydrogens is 420 g/mol. The molecule has 2 aromatic rings. The molecule has 0 bridgehead atoms. The third-order valence-electron chi connectivity index (χ3n) is 5.64. The first-order valence-corrected chi connectivity index (χ1v) is 10.5. The summed E-state index contributed by atoms with van der Waals surface area (Å²) in [7, 11) is 0. The molecule has 1 fully saturated rings. The van der Waals surface area contributed by atoms with E-state index in [0.29, 0.717) is 47.6 Å². The number of likely N-dealkylation sites (tertiary alicyclic amines) is 1. The third-order valence-corrected chi connectivity index (χ3v) is 5.90. The van der Waals surface area contributed by atoms with Gasteiger partial charge in [-0.3, -0.25) is 24.1 Å². The summed E-state index contributed by atoms with van der Waals surface area (Å²) in [6.45, 7) is 0.888. The Morgan fingerprint density at radius 3 is 2.10 bits per heavy atom. The number of carbonyl (C=O) groups is 4. The van der Waals surface area contributed by atoms with Gasteiger partial charge in [0, 0.05) is 23.7 Å². The van der Waals surface area contributed by atoms with Crippen molar-refractivity contribution in [3.05, 3.63) is 70.2 Å². The molecule has 0 aliphatic carbocycles. The normalized spacial score (nSPS) is 16.4. The zero-order chi connectivity index (χ0) is 22.0. The monoisotopic (exact) mass is 440 g/mol. The van der Waals surface area contributed by atoms with Crippen molar-refractivity contribution >= 4 is 35.3 Å². The molecule has 8 heteroatoms. The maximum Gasteiger partial charge on any atom is 0.309 e. The van der Waals surface area contributed by atoms with Gasteiger partial charge in [-0.2, -0.15) is 0 Å². The van der Waals surface area contributed by atoms with Gasteiger partial charge in [0.1, 0.15) is 6.61 Å². The van der Waals surface area contributed by atoms with E-state index in [1.54, 1.807) is 53.4 Å². The van der Waals surface area contributed by atoms with E-state index in [-0.39, 0.29) is 42.8 Å². The van der Waals surface area contributed by atoms with Crippen molar-refractivity contribution in [3.8, 4) is 0 Å². The van der Waals surface area contributed by atoms with Crippen LogP contribution in [0.15, 0.2) is 48.5 Å². The van der Waals surface area contributed by atoms with Crippen LogP contribution in [0.4, 0.5) is 0 Å². The van der Waals surface area contributed by atoms with Crippen LogP contribution in [0, 0.1) is 5.92 Å². The average molecular weight is 441 g/mol. The average Bonchev–Trinajstić information content (AvgIpc) is 3.04. The standard InChI is InChI=1S/C23H21ClN2O5/c24-17-7-5-15(6-8-17)20(27)25-11-9-16(10-12-25)23(30)31-14-13-26-21(28)18-3-1-2-4-19(18)22(26)29/h1-8,16H,9-14H2. The van der Waals surface area contributed by atoms with Crippen molar-refractivity contribution in [2.45, 2.75) is 12.8 Å². The Hall–Kier alpha value is -3.19. The molecule has 2 aliphatic rings. The summed E-state index contributed by atoms with van der Waals surface area (Å²) in [4.78, 5) is 52.5. The number of hydrogen-bond donors (Lipinski definition) is 0. The molecule has 2 aliphatic heterocycles.